The molecule has 4 aliphatic rings. The molecule has 4 aromatic rings. The number of amides is 4. The lowest BCUT2D eigenvalue weighted by Gasteiger charge is -2.51. The predicted octanol–water partition coefficient (Wildman–Crippen LogP) is 8.58. The van der Waals surface area contributed by atoms with Crippen LogP contribution < -0.4 is 10.2 Å². The second kappa shape index (κ2) is 15.1. The summed E-state index contributed by atoms with van der Waals surface area (Å²) in [6.45, 7) is 0.0721. The number of imide groups is 2. The number of carbonyl (C=O) groups is 4. The molecule has 59 heavy (non-hydrogen) atoms. The minimum Gasteiger partial charge on any atom is -0.508 e. The van der Waals surface area contributed by atoms with E-state index in [1.807, 2.05) is 6.08 Å². The van der Waals surface area contributed by atoms with Gasteiger partial charge in [-0.3, -0.25) is 29.5 Å². The van der Waals surface area contributed by atoms with Crippen molar-refractivity contribution in [3.63, 3.8) is 0 Å². The van der Waals surface area contributed by atoms with Crippen molar-refractivity contribution in [1.82, 2.24) is 14.9 Å². The zero-order valence-corrected chi connectivity index (χ0v) is 35.3. The highest BCUT2D eigenvalue weighted by Gasteiger charge is 2.70. The third-order valence-electron chi connectivity index (χ3n) is 11.9. The third kappa shape index (κ3) is 6.57. The number of allylic oxidation sites excluding steroid dienone is 2. The standard InChI is InChI=1S/C41H31Br2Cl2F3N4O7/c1-59-29-16-26(32(42)33(43)34(29)54)31-23-10-11-24-30(38(57)51(36(24)55)13-12-18-2-8-22(53)9-3-18)25(23)15-27-37(56)52(39(58)40(27,31)19-4-6-21(44)7-5-19)50-35-28(45)14-20(17-49-35)41(46,47)48/h2-10,14,16-17,24-25,27,30-31,53-54H,11-13,15H2,1H3,(H,49,50)/t24-,25+,27-,30-,31+,40+/m0/s1. The van der Waals surface area contributed by atoms with Gasteiger partial charge in [-0.2, -0.15) is 18.2 Å². The van der Waals surface area contributed by atoms with Gasteiger partial charge in [0, 0.05) is 28.2 Å². The molecule has 3 N–H and O–H groups in total. The summed E-state index contributed by atoms with van der Waals surface area (Å²) in [5.41, 5.74) is 1.77. The Kier molecular flexibility index (Phi) is 10.5. The Morgan fingerprint density at radius 1 is 0.949 bits per heavy atom. The first-order valence-corrected chi connectivity index (χ1v) is 20.5. The van der Waals surface area contributed by atoms with E-state index >= 15 is 4.79 Å². The lowest BCUT2D eigenvalue weighted by molar-refractivity contribution is -0.141. The second-order valence-electron chi connectivity index (χ2n) is 14.8. The number of aromatic nitrogens is 1. The monoisotopic (exact) mass is 976 g/mol. The zero-order chi connectivity index (χ0) is 42.3. The van der Waals surface area contributed by atoms with Gasteiger partial charge in [0.05, 0.1) is 45.3 Å². The Morgan fingerprint density at radius 3 is 2.29 bits per heavy atom. The van der Waals surface area contributed by atoms with Crippen LogP contribution in [0.4, 0.5) is 19.0 Å². The lowest BCUT2D eigenvalue weighted by atomic mass is 9.49. The van der Waals surface area contributed by atoms with Crippen LogP contribution in [-0.4, -0.2) is 62.4 Å². The van der Waals surface area contributed by atoms with Gasteiger partial charge in [0.15, 0.2) is 17.3 Å². The fourth-order valence-corrected chi connectivity index (χ4v) is 10.6. The number of rotatable bonds is 8. The molecule has 3 fully saturated rings. The van der Waals surface area contributed by atoms with Crippen LogP contribution in [0.5, 0.6) is 17.2 Å². The molecular weight excluding hydrogens is 948 g/mol. The highest BCUT2D eigenvalue weighted by molar-refractivity contribution is 9.13. The molecule has 0 radical (unpaired) electrons. The first kappa shape index (κ1) is 41.1. The number of likely N-dealkylation sites (tertiary alicyclic amines) is 1. The van der Waals surface area contributed by atoms with E-state index in [9.17, 15) is 37.8 Å². The van der Waals surface area contributed by atoms with E-state index in [1.54, 1.807) is 36.4 Å². The summed E-state index contributed by atoms with van der Waals surface area (Å²) in [5.74, 6) is -7.70. The van der Waals surface area contributed by atoms with Gasteiger partial charge in [0.1, 0.15) is 5.75 Å². The van der Waals surface area contributed by atoms with E-state index in [0.29, 0.717) is 49.9 Å². The number of hydrazine groups is 1. The maximum Gasteiger partial charge on any atom is 0.417 e. The average molecular weight is 979 g/mol. The van der Waals surface area contributed by atoms with Crippen molar-refractivity contribution in [3.8, 4) is 17.2 Å². The molecule has 11 nitrogen and oxygen atoms in total. The van der Waals surface area contributed by atoms with E-state index in [1.165, 1.54) is 30.2 Å². The number of hydrogen-bond donors (Lipinski definition) is 3. The number of ether oxygens (including phenoxy) is 1. The topological polar surface area (TPSA) is 149 Å². The molecular formula is C41H31Br2Cl2F3N4O7. The highest BCUT2D eigenvalue weighted by atomic mass is 79.9. The lowest BCUT2D eigenvalue weighted by Crippen LogP contribution is -2.53. The van der Waals surface area contributed by atoms with Crippen LogP contribution in [0.15, 0.2) is 87.5 Å². The maximum absolute atomic E-state index is 15.5. The van der Waals surface area contributed by atoms with Crippen LogP contribution in [0.2, 0.25) is 10.0 Å². The molecule has 3 aromatic carbocycles. The van der Waals surface area contributed by atoms with Crippen LogP contribution in [0.3, 0.4) is 0 Å². The van der Waals surface area contributed by atoms with E-state index in [2.05, 4.69) is 42.3 Å². The van der Waals surface area contributed by atoms with E-state index in [4.69, 9.17) is 27.9 Å². The summed E-state index contributed by atoms with van der Waals surface area (Å²) in [4.78, 5) is 64.1. The molecule has 2 saturated heterocycles. The number of nitrogens with zero attached hydrogens (tertiary/aromatic N) is 3. The van der Waals surface area contributed by atoms with Gasteiger partial charge in [-0.1, -0.05) is 59.1 Å². The van der Waals surface area contributed by atoms with Gasteiger partial charge in [-0.05, 0) is 110 Å². The fourth-order valence-electron chi connectivity index (χ4n) is 9.29. The number of phenols is 2. The van der Waals surface area contributed by atoms with Gasteiger partial charge in [0.2, 0.25) is 11.8 Å². The number of fused-ring (bicyclic) bond motifs is 4. The molecule has 3 heterocycles. The van der Waals surface area contributed by atoms with Gasteiger partial charge in [0.25, 0.3) is 11.8 Å². The summed E-state index contributed by atoms with van der Waals surface area (Å²) >= 11 is 19.7. The zero-order valence-electron chi connectivity index (χ0n) is 30.6. The normalized spacial score (nSPS) is 25.2. The van der Waals surface area contributed by atoms with E-state index in [0.717, 1.165) is 5.56 Å². The molecule has 306 valence electrons. The number of nitrogens with one attached hydrogen (secondary N) is 1. The number of methoxy groups -OCH3 is 1. The van der Waals surface area contributed by atoms with Crippen LogP contribution in [0.1, 0.15) is 41.0 Å². The van der Waals surface area contributed by atoms with Crippen molar-refractivity contribution in [2.75, 3.05) is 19.1 Å². The summed E-state index contributed by atoms with van der Waals surface area (Å²) in [6, 6.07) is 14.9. The minimum atomic E-state index is -4.77. The van der Waals surface area contributed by atoms with Gasteiger partial charge >= 0.3 is 6.18 Å². The molecule has 4 amide bonds. The minimum absolute atomic E-state index is 0.0225. The first-order chi connectivity index (χ1) is 28.0. The first-order valence-electron chi connectivity index (χ1n) is 18.2. The Morgan fingerprint density at radius 2 is 1.64 bits per heavy atom. The number of pyridine rings is 1. The molecule has 0 spiro atoms. The molecule has 6 atom stereocenters. The molecule has 1 aromatic heterocycles. The van der Waals surface area contributed by atoms with Crippen molar-refractivity contribution in [2.45, 2.75) is 36.8 Å². The summed E-state index contributed by atoms with van der Waals surface area (Å²) in [6.07, 6.45) is -2.02. The SMILES string of the molecule is COc1cc([C@H]2C3=CC[C@@H]4C(=O)N(CCc5ccc(O)cc5)C(=O)[C@@H]4[C@@H]3C[C@H]3C(=O)N(Nc4ncc(C(F)(F)F)cc4Cl)C(=O)[C@@]23c2ccc(Cl)cc2)c(Br)c(Br)c1O. The Hall–Kier alpha value is -4.64. The molecule has 8 rings (SSSR count). The molecule has 2 aliphatic heterocycles. The fraction of sp³-hybridized carbons (Fsp3) is 0.293. The quantitative estimate of drug-likeness (QED) is 0.117. The van der Waals surface area contributed by atoms with Crippen LogP contribution in [0, 0.1) is 23.7 Å². The molecule has 0 bridgehead atoms. The predicted molar refractivity (Wildman–Crippen MR) is 215 cm³/mol. The van der Waals surface area contributed by atoms with Crippen LogP contribution in [0.25, 0.3) is 0 Å². The van der Waals surface area contributed by atoms with Gasteiger partial charge in [-0.25, -0.2) is 4.98 Å². The Bertz CT molecular complexity index is 2470. The average Bonchev–Trinajstić information content (AvgIpc) is 3.57. The van der Waals surface area contributed by atoms with Crippen molar-refractivity contribution in [3.05, 3.63) is 120 Å². The number of anilines is 1. The summed E-state index contributed by atoms with van der Waals surface area (Å²) in [7, 11) is 1.34. The Balaban J connectivity index is 1.30. The number of aromatic hydroxyl groups is 2. The van der Waals surface area contributed by atoms with Gasteiger partial charge < -0.3 is 14.9 Å². The third-order valence-corrected chi connectivity index (χ3v) is 14.6. The number of phenolic OH excluding ortho intramolecular Hbond substituents is 2. The molecule has 0 unspecified atom stereocenters. The molecule has 2 aliphatic carbocycles. The maximum atomic E-state index is 15.5. The number of carbonyl (C=O) groups excluding carboxylic acids is 4. The Labute approximate surface area is 361 Å². The van der Waals surface area contributed by atoms with Crippen LogP contribution in [-0.2, 0) is 37.2 Å². The molecule has 18 heteroatoms. The molecule has 1 saturated carbocycles. The largest absolute Gasteiger partial charge is 0.508 e. The van der Waals surface area contributed by atoms with E-state index < -0.39 is 75.3 Å². The van der Waals surface area contributed by atoms with Crippen LogP contribution >= 0.6 is 55.1 Å². The van der Waals surface area contributed by atoms with Crippen molar-refractivity contribution >= 4 is 84.5 Å². The smallest absolute Gasteiger partial charge is 0.417 e. The summed E-state index contributed by atoms with van der Waals surface area (Å²) in [5, 5.41) is 21.3. The van der Waals surface area contributed by atoms with Crippen molar-refractivity contribution < 1.29 is 47.3 Å². The van der Waals surface area contributed by atoms with Gasteiger partial charge in [-0.15, -0.1) is 0 Å². The number of halogens is 7. The summed E-state index contributed by atoms with van der Waals surface area (Å²) < 4.78 is 46.7. The second-order valence-corrected chi connectivity index (χ2v) is 17.2. The van der Waals surface area contributed by atoms with Crippen molar-refractivity contribution in [1.29, 1.82) is 0 Å². The number of alkyl halides is 3. The highest BCUT2D eigenvalue weighted by Crippen LogP contribution is 2.65. The van der Waals surface area contributed by atoms with Crippen molar-refractivity contribution in [2.24, 2.45) is 23.7 Å². The number of hydrogen-bond acceptors (Lipinski definition) is 9. The number of benzene rings is 3. The van der Waals surface area contributed by atoms with E-state index in [-0.39, 0.29) is 47.0 Å².